The van der Waals surface area contributed by atoms with Crippen LogP contribution in [0.3, 0.4) is 0 Å². The quantitative estimate of drug-likeness (QED) is 0.732. The molecule has 0 unspecified atom stereocenters. The molecular formula is C18H17ClN4O3. The van der Waals surface area contributed by atoms with E-state index in [9.17, 15) is 4.79 Å². The second-order valence-electron chi connectivity index (χ2n) is 5.95. The molecule has 0 bridgehead atoms. The first-order valence-electron chi connectivity index (χ1n) is 8.16. The number of halogens is 1. The number of nitrogens with zero attached hydrogens (tertiary/aromatic N) is 2. The topological polar surface area (TPSA) is 79.5 Å². The maximum Gasteiger partial charge on any atom is 0.430 e. The number of carbonyl (C=O) groups excluding carboxylic acids is 1. The number of nitrogens with one attached hydrogen (secondary N) is 2. The highest BCUT2D eigenvalue weighted by molar-refractivity contribution is 6.31. The third kappa shape index (κ3) is 3.18. The number of hydroxylamine groups is 2. The fourth-order valence-corrected chi connectivity index (χ4v) is 3.27. The smallest absolute Gasteiger partial charge is 0.430 e. The number of pyridine rings is 1. The van der Waals surface area contributed by atoms with Crippen molar-refractivity contribution >= 4 is 34.4 Å². The molecule has 0 radical (unpaired) electrons. The minimum Gasteiger partial charge on any atom is -0.495 e. The molecule has 2 N–H and O–H groups in total. The summed E-state index contributed by atoms with van der Waals surface area (Å²) in [5, 5.41) is 5.86. The number of benzene rings is 1. The second kappa shape index (κ2) is 6.86. The number of anilines is 1. The lowest BCUT2D eigenvalue weighted by Crippen LogP contribution is -2.34. The first-order chi connectivity index (χ1) is 12.6. The molecule has 8 heteroatoms. The SMILES string of the molecule is COc1ccccc1NC(=O)ON1CCc2[nH]c3ncc(Cl)cc3c2C1. The molecule has 0 saturated carbocycles. The first-order valence-corrected chi connectivity index (χ1v) is 8.53. The molecule has 1 aliphatic rings. The van der Waals surface area contributed by atoms with Crippen LogP contribution in [0.25, 0.3) is 11.0 Å². The number of aromatic amines is 1. The molecule has 0 saturated heterocycles. The van der Waals surface area contributed by atoms with Crippen LogP contribution in [0.15, 0.2) is 36.5 Å². The summed E-state index contributed by atoms with van der Waals surface area (Å²) in [5.41, 5.74) is 3.49. The minimum atomic E-state index is -0.561. The van der Waals surface area contributed by atoms with Gasteiger partial charge >= 0.3 is 6.09 Å². The number of rotatable bonds is 3. The molecule has 134 valence electrons. The van der Waals surface area contributed by atoms with E-state index >= 15 is 0 Å². The third-order valence-corrected chi connectivity index (χ3v) is 4.52. The van der Waals surface area contributed by atoms with Crippen molar-refractivity contribution in [3.05, 3.63) is 52.8 Å². The molecule has 1 aromatic carbocycles. The van der Waals surface area contributed by atoms with Gasteiger partial charge in [-0.1, -0.05) is 23.7 Å². The van der Waals surface area contributed by atoms with Crippen molar-refractivity contribution in [1.82, 2.24) is 15.0 Å². The van der Waals surface area contributed by atoms with Crippen molar-refractivity contribution in [2.75, 3.05) is 19.0 Å². The van der Waals surface area contributed by atoms with E-state index < -0.39 is 6.09 Å². The second-order valence-corrected chi connectivity index (χ2v) is 6.39. The summed E-state index contributed by atoms with van der Waals surface area (Å²) >= 11 is 6.06. The predicted molar refractivity (Wildman–Crippen MR) is 98.3 cm³/mol. The Balaban J connectivity index is 1.48. The van der Waals surface area contributed by atoms with Gasteiger partial charge in [0.1, 0.15) is 11.4 Å². The first kappa shape index (κ1) is 16.7. The lowest BCUT2D eigenvalue weighted by Gasteiger charge is -2.25. The minimum absolute atomic E-state index is 0.469. The highest BCUT2D eigenvalue weighted by Gasteiger charge is 2.24. The number of H-pyrrole nitrogens is 1. The standard InChI is InChI=1S/C18H17ClN4O3/c1-25-16-5-3-2-4-15(16)22-18(24)26-23-7-6-14-13(10-23)12-8-11(19)9-20-17(12)21-14/h2-5,8-9H,6-7,10H2,1H3,(H,20,21)(H,22,24). The van der Waals surface area contributed by atoms with Crippen molar-refractivity contribution in [2.24, 2.45) is 0 Å². The summed E-state index contributed by atoms with van der Waals surface area (Å²) in [7, 11) is 1.55. The zero-order valence-corrected chi connectivity index (χ0v) is 14.8. The Morgan fingerprint density at radius 1 is 1.38 bits per heavy atom. The van der Waals surface area contributed by atoms with E-state index in [-0.39, 0.29) is 0 Å². The van der Waals surface area contributed by atoms with Crippen molar-refractivity contribution < 1.29 is 14.4 Å². The fourth-order valence-electron chi connectivity index (χ4n) is 3.11. The van der Waals surface area contributed by atoms with Gasteiger partial charge in [0.15, 0.2) is 0 Å². The van der Waals surface area contributed by atoms with Crippen molar-refractivity contribution in [3.63, 3.8) is 0 Å². The Kier molecular flexibility index (Phi) is 4.40. The molecule has 7 nitrogen and oxygen atoms in total. The lowest BCUT2D eigenvalue weighted by molar-refractivity contribution is -0.105. The average Bonchev–Trinajstić information content (AvgIpc) is 2.99. The molecular weight excluding hydrogens is 356 g/mol. The molecule has 3 aromatic rings. The fraction of sp³-hybridized carbons (Fsp3) is 0.222. The summed E-state index contributed by atoms with van der Waals surface area (Å²) in [6.45, 7) is 1.06. The van der Waals surface area contributed by atoms with Gasteiger partial charge in [-0.05, 0) is 23.8 Å². The van der Waals surface area contributed by atoms with E-state index in [1.54, 1.807) is 30.5 Å². The van der Waals surface area contributed by atoms with E-state index in [2.05, 4.69) is 15.3 Å². The van der Waals surface area contributed by atoms with Crippen LogP contribution >= 0.6 is 11.6 Å². The van der Waals surface area contributed by atoms with Gasteiger partial charge in [0.25, 0.3) is 0 Å². The number of hydrogen-bond donors (Lipinski definition) is 2. The Morgan fingerprint density at radius 2 is 2.23 bits per heavy atom. The maximum atomic E-state index is 12.2. The molecule has 3 heterocycles. The monoisotopic (exact) mass is 372 g/mol. The number of para-hydroxylation sites is 2. The highest BCUT2D eigenvalue weighted by atomic mass is 35.5. The highest BCUT2D eigenvalue weighted by Crippen LogP contribution is 2.29. The van der Waals surface area contributed by atoms with Gasteiger partial charge in [-0.25, -0.2) is 9.78 Å². The summed E-state index contributed by atoms with van der Waals surface area (Å²) in [6, 6.07) is 9.04. The average molecular weight is 373 g/mol. The lowest BCUT2D eigenvalue weighted by atomic mass is 10.1. The number of carbonyl (C=O) groups is 1. The molecule has 4 rings (SSSR count). The van der Waals surface area contributed by atoms with Crippen LogP contribution in [0.2, 0.25) is 5.02 Å². The van der Waals surface area contributed by atoms with E-state index in [0.29, 0.717) is 29.5 Å². The Labute approximate surface area is 154 Å². The summed E-state index contributed by atoms with van der Waals surface area (Å²) in [6.07, 6.45) is 1.78. The van der Waals surface area contributed by atoms with Crippen molar-refractivity contribution in [1.29, 1.82) is 0 Å². The third-order valence-electron chi connectivity index (χ3n) is 4.31. The molecule has 1 amide bonds. The molecule has 0 fully saturated rings. The zero-order chi connectivity index (χ0) is 18.1. The van der Waals surface area contributed by atoms with Gasteiger partial charge in [-0.15, -0.1) is 5.06 Å². The van der Waals surface area contributed by atoms with E-state index in [0.717, 1.165) is 28.7 Å². The molecule has 1 aliphatic heterocycles. The van der Waals surface area contributed by atoms with E-state index in [1.807, 2.05) is 18.2 Å². The number of hydrogen-bond acceptors (Lipinski definition) is 5. The Bertz CT molecular complexity index is 972. The predicted octanol–water partition coefficient (Wildman–Crippen LogP) is 3.75. The number of fused-ring (bicyclic) bond motifs is 3. The van der Waals surface area contributed by atoms with Crippen LogP contribution in [0.1, 0.15) is 11.3 Å². The van der Waals surface area contributed by atoms with E-state index in [1.165, 1.54) is 0 Å². The Hall–Kier alpha value is -2.77. The van der Waals surface area contributed by atoms with E-state index in [4.69, 9.17) is 21.2 Å². The van der Waals surface area contributed by atoms with Gasteiger partial charge in [0, 0.05) is 30.2 Å². The molecule has 2 aromatic heterocycles. The van der Waals surface area contributed by atoms with Crippen LogP contribution in [0.5, 0.6) is 5.75 Å². The Morgan fingerprint density at radius 3 is 3.08 bits per heavy atom. The van der Waals surface area contributed by atoms with Crippen LogP contribution < -0.4 is 10.1 Å². The number of methoxy groups -OCH3 is 1. The van der Waals surface area contributed by atoms with Gasteiger partial charge < -0.3 is 14.6 Å². The van der Waals surface area contributed by atoms with Crippen LogP contribution in [-0.2, 0) is 17.8 Å². The van der Waals surface area contributed by atoms with Crippen molar-refractivity contribution in [2.45, 2.75) is 13.0 Å². The van der Waals surface area contributed by atoms with Crippen LogP contribution in [0, 0.1) is 0 Å². The largest absolute Gasteiger partial charge is 0.495 e. The number of amides is 1. The zero-order valence-electron chi connectivity index (χ0n) is 14.1. The maximum absolute atomic E-state index is 12.2. The van der Waals surface area contributed by atoms with Gasteiger partial charge in [-0.3, -0.25) is 5.32 Å². The summed E-state index contributed by atoms with van der Waals surface area (Å²) in [5.74, 6) is 0.572. The molecule has 0 aliphatic carbocycles. The van der Waals surface area contributed by atoms with Crippen LogP contribution in [-0.4, -0.2) is 34.8 Å². The summed E-state index contributed by atoms with van der Waals surface area (Å²) in [4.78, 5) is 25.3. The number of ether oxygens (including phenoxy) is 1. The molecule has 26 heavy (non-hydrogen) atoms. The van der Waals surface area contributed by atoms with Gasteiger partial charge in [0.2, 0.25) is 0 Å². The summed E-state index contributed by atoms with van der Waals surface area (Å²) < 4.78 is 5.22. The van der Waals surface area contributed by atoms with Crippen molar-refractivity contribution in [3.8, 4) is 5.75 Å². The van der Waals surface area contributed by atoms with Gasteiger partial charge in [0.05, 0.1) is 24.4 Å². The van der Waals surface area contributed by atoms with Crippen LogP contribution in [0.4, 0.5) is 10.5 Å². The molecule has 0 atom stereocenters. The normalized spacial score (nSPS) is 14.1. The number of aromatic nitrogens is 2. The molecule has 0 spiro atoms. The van der Waals surface area contributed by atoms with Gasteiger partial charge in [-0.2, -0.15) is 0 Å².